The second-order valence-corrected chi connectivity index (χ2v) is 4.78. The molecular weight excluding hydrogens is 284 g/mol. The van der Waals surface area contributed by atoms with Crippen LogP contribution in [-0.2, 0) is 11.3 Å². The molecule has 7 heteroatoms. The molecule has 0 saturated heterocycles. The van der Waals surface area contributed by atoms with Crippen LogP contribution in [0.25, 0.3) is 0 Å². The number of allylic oxidation sites excluding steroid dienone is 3. The van der Waals surface area contributed by atoms with Gasteiger partial charge in [0.05, 0.1) is 0 Å². The Morgan fingerprint density at radius 3 is 2.64 bits per heavy atom. The number of aromatic nitrogens is 2. The predicted octanol–water partition coefficient (Wildman–Crippen LogP) is 1.01. The maximum absolute atomic E-state index is 12.0. The van der Waals surface area contributed by atoms with Crippen molar-refractivity contribution in [3.8, 4) is 0 Å². The molecule has 0 atom stereocenters. The summed E-state index contributed by atoms with van der Waals surface area (Å²) in [6.45, 7) is 4.20. The Morgan fingerprint density at radius 1 is 1.36 bits per heavy atom. The molecule has 0 aliphatic carbocycles. The number of rotatable bonds is 6. The van der Waals surface area contributed by atoms with Gasteiger partial charge in [-0.05, 0) is 13.3 Å². The number of likely N-dealkylation sites (N-methyl/N-ethyl adjacent to an activating group) is 1. The van der Waals surface area contributed by atoms with Crippen LogP contribution in [0.3, 0.4) is 0 Å². The summed E-state index contributed by atoms with van der Waals surface area (Å²) >= 11 is 0. The first-order chi connectivity index (χ1) is 10.4. The van der Waals surface area contributed by atoms with Crippen LogP contribution in [0.5, 0.6) is 0 Å². The highest BCUT2D eigenvalue weighted by Crippen LogP contribution is 2.15. The molecule has 0 bridgehead atoms. The van der Waals surface area contributed by atoms with Gasteiger partial charge in [-0.25, -0.2) is 4.79 Å². The number of carbonyl (C=O) groups is 1. The number of hydrogen-bond donors (Lipinski definition) is 2. The summed E-state index contributed by atoms with van der Waals surface area (Å²) in [5.41, 5.74) is 4.67. The van der Waals surface area contributed by atoms with Crippen molar-refractivity contribution < 1.29 is 4.79 Å². The van der Waals surface area contributed by atoms with Crippen molar-refractivity contribution in [2.45, 2.75) is 33.2 Å². The van der Waals surface area contributed by atoms with Crippen LogP contribution < -0.4 is 21.9 Å². The fraction of sp³-hybridized carbons (Fsp3) is 0.400. The quantitative estimate of drug-likeness (QED) is 0.605. The van der Waals surface area contributed by atoms with Gasteiger partial charge in [0.2, 0.25) is 0 Å². The zero-order valence-corrected chi connectivity index (χ0v) is 13.1. The largest absolute Gasteiger partial charge is 0.383 e. The van der Waals surface area contributed by atoms with Gasteiger partial charge in [-0.3, -0.25) is 19.1 Å². The average molecular weight is 306 g/mol. The van der Waals surface area contributed by atoms with Crippen LogP contribution in [0, 0.1) is 0 Å². The maximum atomic E-state index is 12.0. The predicted molar refractivity (Wildman–Crippen MR) is 88.0 cm³/mol. The molecule has 1 aromatic rings. The minimum Gasteiger partial charge on any atom is -0.383 e. The van der Waals surface area contributed by atoms with E-state index in [1.54, 1.807) is 18.2 Å². The number of anilines is 2. The van der Waals surface area contributed by atoms with Crippen LogP contribution in [0.4, 0.5) is 11.5 Å². The highest BCUT2D eigenvalue weighted by Gasteiger charge is 2.19. The second-order valence-electron chi connectivity index (χ2n) is 4.78. The molecule has 0 fully saturated rings. The summed E-state index contributed by atoms with van der Waals surface area (Å²) in [6.07, 6.45) is 7.98. The standard InChI is InChI=1S/C15H22N4O3/c1-4-6-8-9-11(20)18(3)12-13(16)19(10-7-5-2)15(22)17-14(12)21/h4,6,8-9H,5,7,10,16H2,1-3H3,(H,17,21,22)/b6-4+,9-8+. The SMILES string of the molecule is C/C=C/C=C/C(=O)N(C)c1c(N)n(CCCC)c(=O)[nH]c1=O. The molecule has 0 aliphatic rings. The van der Waals surface area contributed by atoms with Crippen LogP contribution in [-0.4, -0.2) is 22.5 Å². The molecule has 7 nitrogen and oxygen atoms in total. The van der Waals surface area contributed by atoms with E-state index in [1.807, 2.05) is 13.8 Å². The number of nitrogens with two attached hydrogens (primary N) is 1. The molecule has 0 unspecified atom stereocenters. The molecule has 0 radical (unpaired) electrons. The highest BCUT2D eigenvalue weighted by molar-refractivity contribution is 6.02. The summed E-state index contributed by atoms with van der Waals surface area (Å²) in [5.74, 6) is -0.409. The number of nitrogens with one attached hydrogen (secondary N) is 1. The van der Waals surface area contributed by atoms with E-state index in [1.165, 1.54) is 17.7 Å². The number of aromatic amines is 1. The van der Waals surface area contributed by atoms with Crippen LogP contribution in [0.2, 0.25) is 0 Å². The second kappa shape index (κ2) is 8.02. The number of hydrogen-bond acceptors (Lipinski definition) is 4. The van der Waals surface area contributed by atoms with Crippen molar-refractivity contribution in [3.63, 3.8) is 0 Å². The minimum atomic E-state index is -0.675. The van der Waals surface area contributed by atoms with Gasteiger partial charge >= 0.3 is 5.69 Å². The van der Waals surface area contributed by atoms with E-state index < -0.39 is 17.2 Å². The fourth-order valence-electron chi connectivity index (χ4n) is 1.91. The molecule has 1 heterocycles. The lowest BCUT2D eigenvalue weighted by Gasteiger charge is -2.19. The zero-order valence-electron chi connectivity index (χ0n) is 13.1. The van der Waals surface area contributed by atoms with Crippen molar-refractivity contribution in [2.24, 2.45) is 0 Å². The molecule has 0 saturated carbocycles. The van der Waals surface area contributed by atoms with Crippen molar-refractivity contribution in [1.82, 2.24) is 9.55 Å². The lowest BCUT2D eigenvalue weighted by atomic mass is 10.3. The molecule has 0 aromatic carbocycles. The summed E-state index contributed by atoms with van der Waals surface area (Å²) < 4.78 is 1.28. The number of unbranched alkanes of at least 4 members (excludes halogenated alkanes) is 1. The molecular formula is C15H22N4O3. The van der Waals surface area contributed by atoms with Gasteiger partial charge in [0.25, 0.3) is 11.5 Å². The third kappa shape index (κ3) is 3.97. The lowest BCUT2D eigenvalue weighted by molar-refractivity contribution is -0.113. The molecule has 1 amide bonds. The van der Waals surface area contributed by atoms with Gasteiger partial charge in [-0.2, -0.15) is 0 Å². The first-order valence-corrected chi connectivity index (χ1v) is 7.13. The van der Waals surface area contributed by atoms with Gasteiger partial charge in [0.15, 0.2) is 5.69 Å². The number of amides is 1. The zero-order chi connectivity index (χ0) is 16.7. The fourth-order valence-corrected chi connectivity index (χ4v) is 1.91. The number of nitrogen functional groups attached to an aromatic ring is 1. The first kappa shape index (κ1) is 17.5. The minimum absolute atomic E-state index is 0.00233. The number of nitrogens with zero attached hydrogens (tertiary/aromatic N) is 2. The molecule has 0 aliphatic heterocycles. The maximum Gasteiger partial charge on any atom is 0.330 e. The Bertz CT molecular complexity index is 698. The first-order valence-electron chi connectivity index (χ1n) is 7.13. The van der Waals surface area contributed by atoms with Gasteiger partial charge in [0, 0.05) is 19.7 Å². The normalized spacial score (nSPS) is 11.4. The van der Waals surface area contributed by atoms with Crippen LogP contribution >= 0.6 is 0 Å². The Kier molecular flexibility index (Phi) is 6.37. The van der Waals surface area contributed by atoms with Crippen LogP contribution in [0.15, 0.2) is 33.9 Å². The van der Waals surface area contributed by atoms with E-state index in [0.717, 1.165) is 17.7 Å². The van der Waals surface area contributed by atoms with Crippen molar-refractivity contribution >= 4 is 17.4 Å². The van der Waals surface area contributed by atoms with Gasteiger partial charge in [-0.15, -0.1) is 0 Å². The lowest BCUT2D eigenvalue weighted by Crippen LogP contribution is -2.38. The molecule has 1 rings (SSSR count). The summed E-state index contributed by atoms with van der Waals surface area (Å²) in [5, 5.41) is 0. The van der Waals surface area contributed by atoms with Gasteiger partial charge in [-0.1, -0.05) is 31.6 Å². The van der Waals surface area contributed by atoms with Crippen molar-refractivity contribution in [2.75, 3.05) is 17.7 Å². The molecule has 120 valence electrons. The third-order valence-electron chi connectivity index (χ3n) is 3.16. The Morgan fingerprint density at radius 2 is 2.05 bits per heavy atom. The number of carbonyl (C=O) groups excluding carboxylic acids is 1. The van der Waals surface area contributed by atoms with Crippen LogP contribution in [0.1, 0.15) is 26.7 Å². The van der Waals surface area contributed by atoms with Crippen molar-refractivity contribution in [1.29, 1.82) is 0 Å². The summed E-state index contributed by atoms with van der Waals surface area (Å²) in [6, 6.07) is 0. The van der Waals surface area contributed by atoms with Gasteiger partial charge in [0.1, 0.15) is 5.82 Å². The Balaban J connectivity index is 3.26. The van der Waals surface area contributed by atoms with E-state index >= 15 is 0 Å². The monoisotopic (exact) mass is 306 g/mol. The van der Waals surface area contributed by atoms with E-state index in [2.05, 4.69) is 4.98 Å². The third-order valence-corrected chi connectivity index (χ3v) is 3.16. The summed E-state index contributed by atoms with van der Waals surface area (Å²) in [4.78, 5) is 39.2. The smallest absolute Gasteiger partial charge is 0.330 e. The topological polar surface area (TPSA) is 101 Å². The Labute approximate surface area is 128 Å². The van der Waals surface area contributed by atoms with E-state index in [-0.39, 0.29) is 11.5 Å². The molecule has 1 aromatic heterocycles. The van der Waals surface area contributed by atoms with Gasteiger partial charge < -0.3 is 10.6 Å². The molecule has 0 spiro atoms. The molecule has 3 N–H and O–H groups in total. The highest BCUT2D eigenvalue weighted by atomic mass is 16.2. The van der Waals surface area contributed by atoms with E-state index in [9.17, 15) is 14.4 Å². The summed E-state index contributed by atoms with van der Waals surface area (Å²) in [7, 11) is 1.44. The van der Waals surface area contributed by atoms with Crippen molar-refractivity contribution in [3.05, 3.63) is 45.1 Å². The number of H-pyrrole nitrogens is 1. The van der Waals surface area contributed by atoms with E-state index in [0.29, 0.717) is 6.54 Å². The molecule has 22 heavy (non-hydrogen) atoms. The van der Waals surface area contributed by atoms with E-state index in [4.69, 9.17) is 5.73 Å². The average Bonchev–Trinajstić information content (AvgIpc) is 2.46. The Hall–Kier alpha value is -2.57.